The molecule has 0 saturated heterocycles. The van der Waals surface area contributed by atoms with Gasteiger partial charge in [0.25, 0.3) is 0 Å². The number of hydrogen-bond acceptors (Lipinski definition) is 5. The first-order valence-corrected chi connectivity index (χ1v) is 8.29. The molecule has 2 aromatic carbocycles. The quantitative estimate of drug-likeness (QED) is 0.786. The van der Waals surface area contributed by atoms with Crippen molar-refractivity contribution in [2.75, 3.05) is 40.7 Å². The topological polar surface area (TPSA) is 60.0 Å². The Labute approximate surface area is 154 Å². The highest BCUT2D eigenvalue weighted by atomic mass is 16.5. The summed E-state index contributed by atoms with van der Waals surface area (Å²) in [6.07, 6.45) is 0.201. The predicted molar refractivity (Wildman–Crippen MR) is 102 cm³/mol. The van der Waals surface area contributed by atoms with Crippen molar-refractivity contribution in [3.63, 3.8) is 0 Å². The predicted octanol–water partition coefficient (Wildman–Crippen LogP) is 2.96. The first-order chi connectivity index (χ1) is 12.5. The Kier molecular flexibility index (Phi) is 6.86. The molecule has 0 saturated carbocycles. The number of carbonyl (C=O) groups excluding carboxylic acids is 1. The maximum atomic E-state index is 12.5. The van der Waals surface area contributed by atoms with E-state index in [-0.39, 0.29) is 12.3 Å². The van der Waals surface area contributed by atoms with Crippen LogP contribution >= 0.6 is 0 Å². The second kappa shape index (κ2) is 9.10. The molecule has 26 heavy (non-hydrogen) atoms. The van der Waals surface area contributed by atoms with Crippen molar-refractivity contribution in [2.45, 2.75) is 13.0 Å². The highest BCUT2D eigenvalue weighted by molar-refractivity contribution is 5.93. The van der Waals surface area contributed by atoms with Gasteiger partial charge in [-0.2, -0.15) is 0 Å². The van der Waals surface area contributed by atoms with E-state index in [1.165, 1.54) is 0 Å². The number of hydrogen-bond donors (Lipinski definition) is 1. The lowest BCUT2D eigenvalue weighted by Crippen LogP contribution is -2.18. The molecule has 0 radical (unpaired) electrons. The summed E-state index contributed by atoms with van der Waals surface area (Å²) in [6.45, 7) is 0.751. The minimum Gasteiger partial charge on any atom is -0.493 e. The highest BCUT2D eigenvalue weighted by Crippen LogP contribution is 2.38. The first-order valence-electron chi connectivity index (χ1n) is 8.29. The van der Waals surface area contributed by atoms with Crippen LogP contribution < -0.4 is 19.5 Å². The van der Waals surface area contributed by atoms with Gasteiger partial charge in [-0.1, -0.05) is 18.2 Å². The zero-order valence-electron chi connectivity index (χ0n) is 16.0. The second-order valence-corrected chi connectivity index (χ2v) is 6.15. The normalized spacial score (nSPS) is 10.5. The summed E-state index contributed by atoms with van der Waals surface area (Å²) < 4.78 is 16.0. The minimum absolute atomic E-state index is 0.106. The van der Waals surface area contributed by atoms with Crippen molar-refractivity contribution in [3.05, 3.63) is 47.5 Å². The van der Waals surface area contributed by atoms with Gasteiger partial charge in [-0.15, -0.1) is 0 Å². The number of benzene rings is 2. The van der Waals surface area contributed by atoms with Crippen LogP contribution in [0.1, 0.15) is 11.1 Å². The van der Waals surface area contributed by atoms with Crippen LogP contribution in [0.3, 0.4) is 0 Å². The van der Waals surface area contributed by atoms with Gasteiger partial charge in [-0.3, -0.25) is 4.79 Å². The molecule has 0 unspecified atom stereocenters. The number of methoxy groups -OCH3 is 3. The lowest BCUT2D eigenvalue weighted by molar-refractivity contribution is -0.115. The molecule has 2 aromatic rings. The second-order valence-electron chi connectivity index (χ2n) is 6.15. The van der Waals surface area contributed by atoms with Crippen LogP contribution in [0, 0.1) is 0 Å². The van der Waals surface area contributed by atoms with E-state index in [0.717, 1.165) is 23.4 Å². The van der Waals surface area contributed by atoms with E-state index >= 15 is 0 Å². The molecule has 0 aliphatic carbocycles. The van der Waals surface area contributed by atoms with Crippen LogP contribution in [0.5, 0.6) is 17.2 Å². The molecule has 6 heteroatoms. The first kappa shape index (κ1) is 19.6. The Morgan fingerprint density at radius 3 is 2.15 bits per heavy atom. The number of carbonyl (C=O) groups is 1. The van der Waals surface area contributed by atoms with E-state index in [4.69, 9.17) is 14.2 Å². The number of amides is 1. The molecule has 0 atom stereocenters. The summed E-state index contributed by atoms with van der Waals surface area (Å²) in [6, 6.07) is 11.4. The maximum absolute atomic E-state index is 12.5. The van der Waals surface area contributed by atoms with Crippen LogP contribution in [-0.2, 0) is 17.8 Å². The SMILES string of the molecule is COc1cc(CC(=O)Nc2ccccc2CN(C)C)cc(OC)c1OC. The lowest BCUT2D eigenvalue weighted by Gasteiger charge is -2.16. The van der Waals surface area contributed by atoms with E-state index in [1.54, 1.807) is 33.5 Å². The third kappa shape index (κ3) is 4.89. The van der Waals surface area contributed by atoms with Crippen LogP contribution in [0.4, 0.5) is 5.69 Å². The van der Waals surface area contributed by atoms with E-state index < -0.39 is 0 Å². The Morgan fingerprint density at radius 2 is 1.62 bits per heavy atom. The van der Waals surface area contributed by atoms with E-state index in [9.17, 15) is 4.79 Å². The molecule has 0 heterocycles. The number of anilines is 1. The van der Waals surface area contributed by atoms with Gasteiger partial charge in [0.05, 0.1) is 27.8 Å². The molecular formula is C20H26N2O4. The largest absolute Gasteiger partial charge is 0.493 e. The Balaban J connectivity index is 2.18. The Hall–Kier alpha value is -2.73. The molecule has 0 aromatic heterocycles. The third-order valence-corrected chi connectivity index (χ3v) is 3.87. The number of ether oxygens (including phenoxy) is 3. The molecular weight excluding hydrogens is 332 g/mol. The summed E-state index contributed by atoms with van der Waals surface area (Å²) >= 11 is 0. The zero-order chi connectivity index (χ0) is 19.1. The van der Waals surface area contributed by atoms with Gasteiger partial charge in [-0.05, 0) is 43.4 Å². The molecule has 0 fully saturated rings. The van der Waals surface area contributed by atoms with Gasteiger partial charge in [0.2, 0.25) is 11.7 Å². The number of nitrogens with zero attached hydrogens (tertiary/aromatic N) is 1. The standard InChI is InChI=1S/C20H26N2O4/c1-22(2)13-15-8-6-7-9-16(15)21-19(23)12-14-10-17(24-3)20(26-5)18(11-14)25-4/h6-11H,12-13H2,1-5H3,(H,21,23). The van der Waals surface area contributed by atoms with Gasteiger partial charge in [-0.25, -0.2) is 0 Å². The molecule has 0 aliphatic rings. The van der Waals surface area contributed by atoms with Gasteiger partial charge < -0.3 is 24.4 Å². The molecule has 1 N–H and O–H groups in total. The minimum atomic E-state index is -0.106. The van der Waals surface area contributed by atoms with Crippen molar-refractivity contribution < 1.29 is 19.0 Å². The lowest BCUT2D eigenvalue weighted by atomic mass is 10.1. The third-order valence-electron chi connectivity index (χ3n) is 3.87. The molecule has 0 spiro atoms. The number of nitrogens with one attached hydrogen (secondary N) is 1. The average Bonchev–Trinajstić information content (AvgIpc) is 2.61. The summed E-state index contributed by atoms with van der Waals surface area (Å²) in [5.74, 6) is 1.46. The molecule has 6 nitrogen and oxygen atoms in total. The molecule has 1 amide bonds. The van der Waals surface area contributed by atoms with Gasteiger partial charge >= 0.3 is 0 Å². The fourth-order valence-corrected chi connectivity index (χ4v) is 2.74. The summed E-state index contributed by atoms with van der Waals surface area (Å²) in [5.41, 5.74) is 2.66. The van der Waals surface area contributed by atoms with Gasteiger partial charge in [0.15, 0.2) is 11.5 Å². The van der Waals surface area contributed by atoms with Crippen molar-refractivity contribution in [1.82, 2.24) is 4.90 Å². The molecule has 0 aliphatic heterocycles. The fraction of sp³-hybridized carbons (Fsp3) is 0.350. The van der Waals surface area contributed by atoms with Crippen molar-refractivity contribution in [3.8, 4) is 17.2 Å². The van der Waals surface area contributed by atoms with E-state index in [0.29, 0.717) is 17.2 Å². The van der Waals surface area contributed by atoms with Gasteiger partial charge in [0.1, 0.15) is 0 Å². The maximum Gasteiger partial charge on any atom is 0.228 e. The Morgan fingerprint density at radius 1 is 1.00 bits per heavy atom. The summed E-state index contributed by atoms with van der Waals surface area (Å²) in [4.78, 5) is 14.6. The summed E-state index contributed by atoms with van der Waals surface area (Å²) in [5, 5.41) is 2.99. The van der Waals surface area contributed by atoms with Crippen molar-refractivity contribution in [2.24, 2.45) is 0 Å². The number of para-hydroxylation sites is 1. The van der Waals surface area contributed by atoms with E-state index in [1.807, 2.05) is 38.4 Å². The highest BCUT2D eigenvalue weighted by Gasteiger charge is 2.15. The van der Waals surface area contributed by atoms with Crippen LogP contribution in [-0.4, -0.2) is 46.2 Å². The van der Waals surface area contributed by atoms with Crippen molar-refractivity contribution >= 4 is 11.6 Å². The van der Waals surface area contributed by atoms with Gasteiger partial charge in [0, 0.05) is 12.2 Å². The zero-order valence-corrected chi connectivity index (χ0v) is 16.0. The van der Waals surface area contributed by atoms with E-state index in [2.05, 4.69) is 10.2 Å². The monoisotopic (exact) mass is 358 g/mol. The molecule has 0 bridgehead atoms. The number of rotatable bonds is 8. The van der Waals surface area contributed by atoms with Crippen LogP contribution in [0.2, 0.25) is 0 Å². The fourth-order valence-electron chi connectivity index (χ4n) is 2.74. The Bertz CT molecular complexity index is 734. The molecule has 140 valence electrons. The van der Waals surface area contributed by atoms with Crippen LogP contribution in [0.15, 0.2) is 36.4 Å². The van der Waals surface area contributed by atoms with Crippen molar-refractivity contribution in [1.29, 1.82) is 0 Å². The molecule has 2 rings (SSSR count). The average molecular weight is 358 g/mol. The van der Waals surface area contributed by atoms with Crippen LogP contribution in [0.25, 0.3) is 0 Å². The summed E-state index contributed by atoms with van der Waals surface area (Å²) in [7, 11) is 8.65. The smallest absolute Gasteiger partial charge is 0.228 e.